The van der Waals surface area contributed by atoms with Crippen molar-refractivity contribution in [3.05, 3.63) is 53.5 Å². The van der Waals surface area contributed by atoms with E-state index < -0.39 is 5.97 Å². The molecule has 1 aromatic carbocycles. The fourth-order valence-electron chi connectivity index (χ4n) is 3.11. The summed E-state index contributed by atoms with van der Waals surface area (Å²) >= 11 is 1.40. The second kappa shape index (κ2) is 8.25. The maximum absolute atomic E-state index is 12.5. The van der Waals surface area contributed by atoms with Gasteiger partial charge in [-0.1, -0.05) is 25.0 Å². The molecule has 25 heavy (non-hydrogen) atoms. The van der Waals surface area contributed by atoms with E-state index in [1.54, 1.807) is 6.07 Å². The number of carboxylic acid groups (broad SMARTS) is 1. The van der Waals surface area contributed by atoms with Crippen molar-refractivity contribution < 1.29 is 19.1 Å². The van der Waals surface area contributed by atoms with Crippen LogP contribution in [-0.2, 0) is 5.75 Å². The van der Waals surface area contributed by atoms with Gasteiger partial charge < -0.3 is 14.8 Å². The minimum atomic E-state index is -1.01. The van der Waals surface area contributed by atoms with Crippen molar-refractivity contribution in [3.63, 3.8) is 0 Å². The number of hydrogen-bond donors (Lipinski definition) is 2. The number of amides is 1. The first-order valence-corrected chi connectivity index (χ1v) is 9.43. The van der Waals surface area contributed by atoms with Crippen molar-refractivity contribution in [2.24, 2.45) is 5.92 Å². The highest BCUT2D eigenvalue weighted by Crippen LogP contribution is 2.28. The third kappa shape index (κ3) is 4.45. The predicted molar refractivity (Wildman–Crippen MR) is 96.0 cm³/mol. The van der Waals surface area contributed by atoms with Crippen molar-refractivity contribution in [1.29, 1.82) is 0 Å². The monoisotopic (exact) mass is 359 g/mol. The van der Waals surface area contributed by atoms with E-state index in [0.717, 1.165) is 11.4 Å². The summed E-state index contributed by atoms with van der Waals surface area (Å²) in [6.07, 6.45) is 6.25. The van der Waals surface area contributed by atoms with Crippen LogP contribution >= 0.6 is 11.8 Å². The molecule has 6 heteroatoms. The molecular formula is C19H21NO4S. The number of carbonyl (C=O) groups excluding carboxylic acids is 1. The second-order valence-electron chi connectivity index (χ2n) is 6.21. The van der Waals surface area contributed by atoms with E-state index in [1.807, 2.05) is 18.2 Å². The highest BCUT2D eigenvalue weighted by Gasteiger charge is 2.18. The molecule has 1 amide bonds. The Hall–Kier alpha value is -2.21. The maximum Gasteiger partial charge on any atom is 0.339 e. The number of benzene rings is 1. The number of carbonyl (C=O) groups is 2. The molecule has 1 aliphatic rings. The number of rotatable bonds is 7. The zero-order chi connectivity index (χ0) is 17.6. The standard InChI is InChI=1S/C19H21NO4S/c21-18(20-11-13-5-1-2-6-13)15-7-3-4-8-17(15)25-12-16-14(19(22)23)9-10-24-16/h3-4,7-10,13H,1-2,5-6,11-12H2,(H,20,21)(H,22,23). The van der Waals surface area contributed by atoms with E-state index in [2.05, 4.69) is 5.32 Å². The molecule has 0 atom stereocenters. The predicted octanol–water partition coefficient (Wildman–Crippen LogP) is 4.19. The zero-order valence-corrected chi connectivity index (χ0v) is 14.7. The normalized spacial score (nSPS) is 14.6. The molecule has 132 valence electrons. The summed E-state index contributed by atoms with van der Waals surface area (Å²) < 4.78 is 5.26. The fraction of sp³-hybridized carbons (Fsp3) is 0.368. The van der Waals surface area contributed by atoms with Crippen LogP contribution in [0.2, 0.25) is 0 Å². The van der Waals surface area contributed by atoms with Gasteiger partial charge in [-0.3, -0.25) is 4.79 Å². The van der Waals surface area contributed by atoms with Crippen molar-refractivity contribution >= 4 is 23.6 Å². The summed E-state index contributed by atoms with van der Waals surface area (Å²) in [5.74, 6) is 0.269. The van der Waals surface area contributed by atoms with Crippen LogP contribution in [0, 0.1) is 5.92 Å². The Balaban J connectivity index is 1.64. The van der Waals surface area contributed by atoms with Crippen LogP contribution in [0.25, 0.3) is 0 Å². The molecule has 1 saturated carbocycles. The Labute approximate surface area is 150 Å². The van der Waals surface area contributed by atoms with Crippen LogP contribution in [0.4, 0.5) is 0 Å². The van der Waals surface area contributed by atoms with E-state index in [9.17, 15) is 9.59 Å². The molecular weight excluding hydrogens is 338 g/mol. The largest absolute Gasteiger partial charge is 0.478 e. The lowest BCUT2D eigenvalue weighted by Gasteiger charge is -2.12. The first-order valence-electron chi connectivity index (χ1n) is 8.45. The van der Waals surface area contributed by atoms with Crippen molar-refractivity contribution in [2.45, 2.75) is 36.3 Å². The summed E-state index contributed by atoms with van der Waals surface area (Å²) in [7, 11) is 0. The topological polar surface area (TPSA) is 79.5 Å². The molecule has 5 nitrogen and oxygen atoms in total. The number of aromatic carboxylic acids is 1. The van der Waals surface area contributed by atoms with Gasteiger partial charge in [0.05, 0.1) is 17.6 Å². The van der Waals surface area contributed by atoms with Gasteiger partial charge in [0, 0.05) is 11.4 Å². The minimum absolute atomic E-state index is 0.0760. The van der Waals surface area contributed by atoms with E-state index in [4.69, 9.17) is 9.52 Å². The van der Waals surface area contributed by atoms with E-state index >= 15 is 0 Å². The van der Waals surface area contributed by atoms with E-state index in [-0.39, 0.29) is 11.5 Å². The van der Waals surface area contributed by atoms with Gasteiger partial charge in [0.25, 0.3) is 5.91 Å². The summed E-state index contributed by atoms with van der Waals surface area (Å²) in [6, 6.07) is 8.82. The van der Waals surface area contributed by atoms with E-state index in [1.165, 1.54) is 49.8 Å². The quantitative estimate of drug-likeness (QED) is 0.725. The summed E-state index contributed by atoms with van der Waals surface area (Å²) in [5, 5.41) is 12.2. The minimum Gasteiger partial charge on any atom is -0.478 e. The lowest BCUT2D eigenvalue weighted by Crippen LogP contribution is -2.28. The van der Waals surface area contributed by atoms with Gasteiger partial charge in [0.15, 0.2) is 0 Å². The van der Waals surface area contributed by atoms with Gasteiger partial charge in [-0.15, -0.1) is 11.8 Å². The first-order chi connectivity index (χ1) is 12.1. The lowest BCUT2D eigenvalue weighted by atomic mass is 10.1. The molecule has 1 fully saturated rings. The molecule has 0 saturated heterocycles. The number of carboxylic acids is 1. The highest BCUT2D eigenvalue weighted by atomic mass is 32.2. The molecule has 1 aromatic heterocycles. The number of nitrogens with one attached hydrogen (secondary N) is 1. The molecule has 0 spiro atoms. The number of thioether (sulfide) groups is 1. The van der Waals surface area contributed by atoms with Gasteiger partial charge in [-0.2, -0.15) is 0 Å². The van der Waals surface area contributed by atoms with Gasteiger partial charge in [-0.05, 0) is 37.0 Å². The van der Waals surface area contributed by atoms with Crippen molar-refractivity contribution in [2.75, 3.05) is 6.54 Å². The van der Waals surface area contributed by atoms with Gasteiger partial charge in [0.2, 0.25) is 0 Å². The zero-order valence-electron chi connectivity index (χ0n) is 13.9. The Morgan fingerprint density at radius 3 is 2.68 bits per heavy atom. The van der Waals surface area contributed by atoms with Gasteiger partial charge in [-0.25, -0.2) is 4.79 Å². The average Bonchev–Trinajstić information content (AvgIpc) is 3.29. The van der Waals surface area contributed by atoms with Gasteiger partial charge in [0.1, 0.15) is 11.3 Å². The van der Waals surface area contributed by atoms with Crippen LogP contribution in [0.1, 0.15) is 52.2 Å². The molecule has 1 heterocycles. The summed E-state index contributed by atoms with van der Waals surface area (Å²) in [6.45, 7) is 0.721. The molecule has 0 aliphatic heterocycles. The fourth-order valence-corrected chi connectivity index (χ4v) is 4.11. The molecule has 3 rings (SSSR count). The highest BCUT2D eigenvalue weighted by molar-refractivity contribution is 7.98. The Bertz CT molecular complexity index is 749. The van der Waals surface area contributed by atoms with E-state index in [0.29, 0.717) is 23.0 Å². The Morgan fingerprint density at radius 1 is 1.16 bits per heavy atom. The van der Waals surface area contributed by atoms with Crippen LogP contribution in [0.15, 0.2) is 45.9 Å². The van der Waals surface area contributed by atoms with Crippen LogP contribution in [-0.4, -0.2) is 23.5 Å². The smallest absolute Gasteiger partial charge is 0.339 e. The molecule has 2 aromatic rings. The van der Waals surface area contributed by atoms with Crippen LogP contribution in [0.5, 0.6) is 0 Å². The van der Waals surface area contributed by atoms with Crippen molar-refractivity contribution in [1.82, 2.24) is 5.32 Å². The lowest BCUT2D eigenvalue weighted by molar-refractivity contribution is 0.0694. The van der Waals surface area contributed by atoms with Crippen molar-refractivity contribution in [3.8, 4) is 0 Å². The average molecular weight is 359 g/mol. The number of hydrogen-bond acceptors (Lipinski definition) is 4. The number of furan rings is 1. The molecule has 1 aliphatic carbocycles. The summed E-state index contributed by atoms with van der Waals surface area (Å²) in [5.41, 5.74) is 0.782. The third-order valence-corrected chi connectivity index (χ3v) is 5.57. The maximum atomic E-state index is 12.5. The second-order valence-corrected chi connectivity index (χ2v) is 7.23. The third-order valence-electron chi connectivity index (χ3n) is 4.49. The van der Waals surface area contributed by atoms with Gasteiger partial charge >= 0.3 is 5.97 Å². The first kappa shape index (κ1) is 17.6. The molecule has 2 N–H and O–H groups in total. The molecule has 0 bridgehead atoms. The SMILES string of the molecule is O=C(NCC1CCCC1)c1ccccc1SCc1occc1C(=O)O. The molecule has 0 radical (unpaired) electrons. The van der Waals surface area contributed by atoms with Crippen LogP contribution < -0.4 is 5.32 Å². The summed E-state index contributed by atoms with van der Waals surface area (Å²) in [4.78, 5) is 24.5. The van der Waals surface area contributed by atoms with Crippen LogP contribution in [0.3, 0.4) is 0 Å². The molecule has 0 unspecified atom stereocenters. The Morgan fingerprint density at radius 2 is 1.92 bits per heavy atom. The Kier molecular flexibility index (Phi) is 5.81.